The highest BCUT2D eigenvalue weighted by Gasteiger charge is 2.04. The number of amides is 1. The number of hydrogen-bond acceptors (Lipinski definition) is 4. The number of anilines is 2. The first-order chi connectivity index (χ1) is 12.7. The fourth-order valence-corrected chi connectivity index (χ4v) is 2.50. The molecule has 140 valence electrons. The molecule has 0 saturated heterocycles. The molecule has 1 amide bonds. The Bertz CT molecular complexity index is 688. The molecule has 0 atom stereocenters. The number of carbonyl (C=O) groups is 1. The molecule has 0 unspecified atom stereocenters. The SMILES string of the molecule is CCCCCCOc1cccc(NC(=O)CNc2cccc(OC)c2)c1. The van der Waals surface area contributed by atoms with Crippen molar-refractivity contribution >= 4 is 17.3 Å². The molecule has 0 heterocycles. The number of benzene rings is 2. The van der Waals surface area contributed by atoms with Crippen molar-refractivity contribution in [2.75, 3.05) is 30.9 Å². The van der Waals surface area contributed by atoms with Gasteiger partial charge < -0.3 is 20.1 Å². The summed E-state index contributed by atoms with van der Waals surface area (Å²) in [6, 6.07) is 15.0. The van der Waals surface area contributed by atoms with E-state index in [1.807, 2.05) is 48.5 Å². The van der Waals surface area contributed by atoms with Gasteiger partial charge in [-0.3, -0.25) is 4.79 Å². The Morgan fingerprint density at radius 2 is 1.69 bits per heavy atom. The van der Waals surface area contributed by atoms with Gasteiger partial charge in [0.05, 0.1) is 20.3 Å². The van der Waals surface area contributed by atoms with Crippen LogP contribution in [0.3, 0.4) is 0 Å². The minimum atomic E-state index is -0.118. The van der Waals surface area contributed by atoms with Gasteiger partial charge in [-0.2, -0.15) is 0 Å². The van der Waals surface area contributed by atoms with E-state index in [0.717, 1.165) is 29.3 Å². The molecule has 2 aromatic rings. The lowest BCUT2D eigenvalue weighted by molar-refractivity contribution is -0.114. The van der Waals surface area contributed by atoms with Crippen molar-refractivity contribution in [2.45, 2.75) is 32.6 Å². The maximum absolute atomic E-state index is 12.1. The Morgan fingerprint density at radius 3 is 2.46 bits per heavy atom. The van der Waals surface area contributed by atoms with Crippen molar-refractivity contribution in [1.29, 1.82) is 0 Å². The average Bonchev–Trinajstić information content (AvgIpc) is 2.67. The smallest absolute Gasteiger partial charge is 0.243 e. The highest BCUT2D eigenvalue weighted by Crippen LogP contribution is 2.19. The summed E-state index contributed by atoms with van der Waals surface area (Å²) in [4.78, 5) is 12.1. The highest BCUT2D eigenvalue weighted by atomic mass is 16.5. The summed E-state index contributed by atoms with van der Waals surface area (Å²) in [5.41, 5.74) is 1.57. The third kappa shape index (κ3) is 7.05. The normalized spacial score (nSPS) is 10.2. The maximum atomic E-state index is 12.1. The zero-order valence-corrected chi connectivity index (χ0v) is 15.6. The summed E-state index contributed by atoms with van der Waals surface area (Å²) in [7, 11) is 1.62. The number of carbonyl (C=O) groups excluding carboxylic acids is 1. The molecule has 0 aromatic heterocycles. The third-order valence-corrected chi connectivity index (χ3v) is 3.91. The van der Waals surface area contributed by atoms with Gasteiger partial charge in [-0.25, -0.2) is 0 Å². The van der Waals surface area contributed by atoms with Crippen LogP contribution in [0, 0.1) is 0 Å². The second kappa shape index (κ2) is 11.0. The molecule has 0 saturated carbocycles. The molecule has 0 spiro atoms. The third-order valence-electron chi connectivity index (χ3n) is 3.91. The van der Waals surface area contributed by atoms with Gasteiger partial charge in [0.2, 0.25) is 5.91 Å². The van der Waals surface area contributed by atoms with Crippen LogP contribution in [-0.2, 0) is 4.79 Å². The van der Waals surface area contributed by atoms with Crippen LogP contribution in [0.1, 0.15) is 32.6 Å². The monoisotopic (exact) mass is 356 g/mol. The molecule has 2 N–H and O–H groups in total. The first kappa shape index (κ1) is 19.6. The number of ether oxygens (including phenoxy) is 2. The second-order valence-corrected chi connectivity index (χ2v) is 6.07. The summed E-state index contributed by atoms with van der Waals surface area (Å²) in [5, 5.41) is 5.96. The van der Waals surface area contributed by atoms with Crippen molar-refractivity contribution in [3.05, 3.63) is 48.5 Å². The second-order valence-electron chi connectivity index (χ2n) is 6.07. The van der Waals surface area contributed by atoms with Gasteiger partial charge in [0.1, 0.15) is 11.5 Å². The van der Waals surface area contributed by atoms with Crippen LogP contribution in [0.4, 0.5) is 11.4 Å². The molecule has 5 heteroatoms. The van der Waals surface area contributed by atoms with Crippen LogP contribution in [0.2, 0.25) is 0 Å². The quantitative estimate of drug-likeness (QED) is 0.573. The van der Waals surface area contributed by atoms with Crippen LogP contribution in [-0.4, -0.2) is 26.2 Å². The number of unbranched alkanes of at least 4 members (excludes halogenated alkanes) is 3. The summed E-state index contributed by atoms with van der Waals surface area (Å²) < 4.78 is 10.9. The van der Waals surface area contributed by atoms with Crippen LogP contribution in [0.5, 0.6) is 11.5 Å². The number of nitrogens with one attached hydrogen (secondary N) is 2. The predicted octanol–water partition coefficient (Wildman–Crippen LogP) is 4.70. The standard InChI is InChI=1S/C21H28N2O3/c1-3-4-5-6-13-26-20-12-8-10-18(15-20)23-21(24)16-22-17-9-7-11-19(14-17)25-2/h7-12,14-15,22H,3-6,13,16H2,1-2H3,(H,23,24). The summed E-state index contributed by atoms with van der Waals surface area (Å²) in [5.74, 6) is 1.41. The van der Waals surface area contributed by atoms with Gasteiger partial charge in [0.15, 0.2) is 0 Å². The van der Waals surface area contributed by atoms with Crippen LogP contribution < -0.4 is 20.1 Å². The van der Waals surface area contributed by atoms with Crippen molar-refractivity contribution in [3.63, 3.8) is 0 Å². The van der Waals surface area contributed by atoms with Gasteiger partial charge in [-0.05, 0) is 30.7 Å². The Morgan fingerprint density at radius 1 is 0.962 bits per heavy atom. The van der Waals surface area contributed by atoms with Crippen molar-refractivity contribution < 1.29 is 14.3 Å². The topological polar surface area (TPSA) is 59.6 Å². The fraction of sp³-hybridized carbons (Fsp3) is 0.381. The van der Waals surface area contributed by atoms with Gasteiger partial charge in [0.25, 0.3) is 0 Å². The van der Waals surface area contributed by atoms with E-state index in [2.05, 4.69) is 17.6 Å². The van der Waals surface area contributed by atoms with E-state index in [4.69, 9.17) is 9.47 Å². The first-order valence-corrected chi connectivity index (χ1v) is 9.12. The number of rotatable bonds is 11. The first-order valence-electron chi connectivity index (χ1n) is 9.12. The summed E-state index contributed by atoms with van der Waals surface area (Å²) in [6.07, 6.45) is 4.68. The van der Waals surface area contributed by atoms with Gasteiger partial charge in [-0.15, -0.1) is 0 Å². The van der Waals surface area contributed by atoms with E-state index in [9.17, 15) is 4.79 Å². The van der Waals surface area contributed by atoms with E-state index in [-0.39, 0.29) is 12.5 Å². The molecule has 26 heavy (non-hydrogen) atoms. The lowest BCUT2D eigenvalue weighted by atomic mass is 10.2. The molecule has 2 aromatic carbocycles. The highest BCUT2D eigenvalue weighted by molar-refractivity contribution is 5.93. The average molecular weight is 356 g/mol. The molecular formula is C21H28N2O3. The Hall–Kier alpha value is -2.69. The lowest BCUT2D eigenvalue weighted by Gasteiger charge is -2.11. The van der Waals surface area contributed by atoms with Gasteiger partial charge in [-0.1, -0.05) is 38.3 Å². The van der Waals surface area contributed by atoms with Crippen LogP contribution in [0.15, 0.2) is 48.5 Å². The zero-order valence-electron chi connectivity index (χ0n) is 15.6. The van der Waals surface area contributed by atoms with Crippen molar-refractivity contribution in [3.8, 4) is 11.5 Å². The maximum Gasteiger partial charge on any atom is 0.243 e. The van der Waals surface area contributed by atoms with Gasteiger partial charge in [0, 0.05) is 23.5 Å². The molecule has 0 aliphatic heterocycles. The molecule has 0 fully saturated rings. The minimum Gasteiger partial charge on any atom is -0.497 e. The van der Waals surface area contributed by atoms with E-state index < -0.39 is 0 Å². The molecular weight excluding hydrogens is 328 g/mol. The predicted molar refractivity (Wildman–Crippen MR) is 106 cm³/mol. The largest absolute Gasteiger partial charge is 0.497 e. The van der Waals surface area contributed by atoms with Crippen LogP contribution >= 0.6 is 0 Å². The summed E-state index contributed by atoms with van der Waals surface area (Å²) >= 11 is 0. The van der Waals surface area contributed by atoms with E-state index in [1.54, 1.807) is 7.11 Å². The molecule has 0 aliphatic carbocycles. The Kier molecular flexibility index (Phi) is 8.33. The molecule has 0 bridgehead atoms. The molecule has 2 rings (SSSR count). The zero-order chi connectivity index (χ0) is 18.6. The number of hydrogen-bond donors (Lipinski definition) is 2. The Balaban J connectivity index is 1.78. The Labute approximate surface area is 155 Å². The van der Waals surface area contributed by atoms with Crippen molar-refractivity contribution in [2.24, 2.45) is 0 Å². The molecule has 0 aliphatic rings. The van der Waals surface area contributed by atoms with E-state index in [0.29, 0.717) is 6.61 Å². The van der Waals surface area contributed by atoms with Gasteiger partial charge >= 0.3 is 0 Å². The van der Waals surface area contributed by atoms with E-state index >= 15 is 0 Å². The van der Waals surface area contributed by atoms with E-state index in [1.165, 1.54) is 19.3 Å². The summed E-state index contributed by atoms with van der Waals surface area (Å²) in [6.45, 7) is 3.07. The molecule has 0 radical (unpaired) electrons. The van der Waals surface area contributed by atoms with Crippen LogP contribution in [0.25, 0.3) is 0 Å². The molecule has 5 nitrogen and oxygen atoms in total. The lowest BCUT2D eigenvalue weighted by Crippen LogP contribution is -2.21. The fourth-order valence-electron chi connectivity index (χ4n) is 2.50. The number of methoxy groups -OCH3 is 1. The van der Waals surface area contributed by atoms with Crippen molar-refractivity contribution in [1.82, 2.24) is 0 Å². The minimum absolute atomic E-state index is 0.118.